The Morgan fingerprint density at radius 3 is 2.97 bits per heavy atom. The molecule has 1 aromatic rings. The molecule has 1 aliphatic carbocycles. The van der Waals surface area contributed by atoms with Gasteiger partial charge in [0, 0.05) is 37.4 Å². The second-order valence-corrected chi connectivity index (χ2v) is 8.14. The average molecular weight is 414 g/mol. The Kier molecular flexibility index (Phi) is 5.81. The first-order valence-corrected chi connectivity index (χ1v) is 10.4. The number of dihydropyridines is 1. The summed E-state index contributed by atoms with van der Waals surface area (Å²) < 4.78 is 6.12. The Hall–Kier alpha value is -2.47. The van der Waals surface area contributed by atoms with E-state index in [1.54, 1.807) is 19.3 Å². The Bertz CT molecular complexity index is 922. The summed E-state index contributed by atoms with van der Waals surface area (Å²) in [5.41, 5.74) is 3.03. The number of likely N-dealkylation sites (tertiary alicyclic amines) is 1. The number of allylic oxidation sites excluding steroid dienone is 3. The minimum absolute atomic E-state index is 0.0254. The lowest BCUT2D eigenvalue weighted by Crippen LogP contribution is -2.28. The van der Waals surface area contributed by atoms with E-state index in [0.29, 0.717) is 18.1 Å². The van der Waals surface area contributed by atoms with Crippen molar-refractivity contribution in [3.05, 3.63) is 40.7 Å². The first-order chi connectivity index (χ1) is 14.0. The number of aliphatic imine (C=N–C) groups is 1. The van der Waals surface area contributed by atoms with E-state index in [9.17, 15) is 9.59 Å². The zero-order valence-corrected chi connectivity index (χ0v) is 17.2. The van der Waals surface area contributed by atoms with Crippen LogP contribution in [0.1, 0.15) is 38.2 Å². The molecule has 3 aliphatic rings. The molecule has 1 fully saturated rings. The maximum Gasteiger partial charge on any atom is 0.214 e. The summed E-state index contributed by atoms with van der Waals surface area (Å²) in [6, 6.07) is 3.96. The molecular formula is C22H24ClN3O3. The van der Waals surface area contributed by atoms with Gasteiger partial charge in [-0.3, -0.25) is 14.6 Å². The van der Waals surface area contributed by atoms with Gasteiger partial charge in [0.15, 0.2) is 5.78 Å². The number of carbonyl (C=O) groups excluding carboxylic acids is 2. The third-order valence-electron chi connectivity index (χ3n) is 5.78. The Labute approximate surface area is 175 Å². The van der Waals surface area contributed by atoms with E-state index in [1.807, 2.05) is 17.0 Å². The number of carbonyl (C=O) groups is 2. The van der Waals surface area contributed by atoms with Crippen LogP contribution in [0.4, 0.5) is 0 Å². The summed E-state index contributed by atoms with van der Waals surface area (Å²) in [6.45, 7) is 3.19. The van der Waals surface area contributed by atoms with Gasteiger partial charge in [-0.2, -0.15) is 0 Å². The highest BCUT2D eigenvalue weighted by atomic mass is 35.5. The monoisotopic (exact) mass is 413 g/mol. The number of pyridine rings is 1. The quantitative estimate of drug-likeness (QED) is 0.739. The first-order valence-electron chi connectivity index (χ1n) is 10.0. The molecule has 152 valence electrons. The number of aromatic nitrogens is 1. The van der Waals surface area contributed by atoms with E-state index < -0.39 is 0 Å². The molecule has 7 heteroatoms. The van der Waals surface area contributed by atoms with E-state index in [1.165, 1.54) is 5.57 Å². The highest BCUT2D eigenvalue weighted by Crippen LogP contribution is 2.32. The fraction of sp³-hybridized carbons (Fsp3) is 0.455. The number of hydrogen-bond donors (Lipinski definition) is 0. The van der Waals surface area contributed by atoms with Gasteiger partial charge in [0.25, 0.3) is 0 Å². The highest BCUT2D eigenvalue weighted by molar-refractivity contribution is 6.44. The van der Waals surface area contributed by atoms with Crippen molar-refractivity contribution in [1.29, 1.82) is 0 Å². The normalized spacial score (nSPS) is 24.7. The van der Waals surface area contributed by atoms with Crippen molar-refractivity contribution in [3.63, 3.8) is 0 Å². The molecule has 0 aromatic carbocycles. The molecule has 0 amide bonds. The largest absolute Gasteiger partial charge is 0.472 e. The van der Waals surface area contributed by atoms with Gasteiger partial charge in [0.05, 0.1) is 12.2 Å². The zero-order valence-electron chi connectivity index (χ0n) is 16.4. The number of ether oxygens (including phenoxy) is 1. The molecule has 0 radical (unpaired) electrons. The molecule has 0 spiro atoms. The third-order valence-corrected chi connectivity index (χ3v) is 6.19. The molecule has 1 unspecified atom stereocenters. The van der Waals surface area contributed by atoms with Crippen molar-refractivity contribution < 1.29 is 14.3 Å². The molecule has 29 heavy (non-hydrogen) atoms. The van der Waals surface area contributed by atoms with Crippen molar-refractivity contribution in [2.24, 2.45) is 10.9 Å². The van der Waals surface area contributed by atoms with Crippen LogP contribution in [0.3, 0.4) is 0 Å². The summed E-state index contributed by atoms with van der Waals surface area (Å²) in [5, 5.41) is 0.258. The number of hydrogen-bond acceptors (Lipinski definition) is 6. The molecule has 6 nitrogen and oxygen atoms in total. The van der Waals surface area contributed by atoms with E-state index in [-0.39, 0.29) is 35.2 Å². The summed E-state index contributed by atoms with van der Waals surface area (Å²) in [7, 11) is 0. The molecule has 3 heterocycles. The van der Waals surface area contributed by atoms with Crippen molar-refractivity contribution in [3.8, 4) is 5.88 Å². The summed E-state index contributed by atoms with van der Waals surface area (Å²) in [4.78, 5) is 33.8. The minimum atomic E-state index is -0.143. The molecule has 0 N–H and O–H groups in total. The predicted molar refractivity (Wildman–Crippen MR) is 112 cm³/mol. The Morgan fingerprint density at radius 1 is 1.34 bits per heavy atom. The minimum Gasteiger partial charge on any atom is -0.472 e. The van der Waals surface area contributed by atoms with Gasteiger partial charge in [-0.15, -0.1) is 0 Å². The van der Waals surface area contributed by atoms with Crippen LogP contribution < -0.4 is 4.74 Å². The number of rotatable bonds is 5. The Morgan fingerprint density at radius 2 is 2.21 bits per heavy atom. The number of nitrogens with zero attached hydrogens (tertiary/aromatic N) is 3. The molecular weight excluding hydrogens is 390 g/mol. The molecule has 4 rings (SSSR count). The molecule has 1 saturated heterocycles. The van der Waals surface area contributed by atoms with E-state index >= 15 is 0 Å². The van der Waals surface area contributed by atoms with E-state index in [0.717, 1.165) is 37.8 Å². The smallest absolute Gasteiger partial charge is 0.214 e. The van der Waals surface area contributed by atoms with Crippen LogP contribution >= 0.6 is 11.6 Å². The average Bonchev–Trinajstić information content (AvgIpc) is 3.18. The maximum atomic E-state index is 11.8. The summed E-state index contributed by atoms with van der Waals surface area (Å²) in [6.07, 6.45) is 9.00. The maximum absolute atomic E-state index is 11.8. The fourth-order valence-electron chi connectivity index (χ4n) is 4.06. The molecule has 1 aromatic heterocycles. The molecule has 0 saturated carbocycles. The zero-order chi connectivity index (χ0) is 20.4. The van der Waals surface area contributed by atoms with Crippen molar-refractivity contribution in [1.82, 2.24) is 9.88 Å². The second-order valence-electron chi connectivity index (χ2n) is 7.76. The lowest BCUT2D eigenvalue weighted by molar-refractivity contribution is -0.120. The SMILES string of the molecule is CC(=O)C1CC=C(c2ccnc(O[C@@H]3CCN(C4=C(Cl)C(=O)CN=C4)C3)c2)CC1. The van der Waals surface area contributed by atoms with Gasteiger partial charge in [-0.25, -0.2) is 4.98 Å². The van der Waals surface area contributed by atoms with Crippen molar-refractivity contribution in [2.45, 2.75) is 38.7 Å². The summed E-state index contributed by atoms with van der Waals surface area (Å²) >= 11 is 6.17. The fourth-order valence-corrected chi connectivity index (χ4v) is 4.29. The predicted octanol–water partition coefficient (Wildman–Crippen LogP) is 3.41. The highest BCUT2D eigenvalue weighted by Gasteiger charge is 2.29. The van der Waals surface area contributed by atoms with Crippen LogP contribution in [0, 0.1) is 5.92 Å². The molecule has 2 atom stereocenters. The van der Waals surface area contributed by atoms with Crippen molar-refractivity contribution >= 4 is 35.0 Å². The third kappa shape index (κ3) is 4.42. The van der Waals surface area contributed by atoms with Crippen LogP contribution in [0.5, 0.6) is 5.88 Å². The Balaban J connectivity index is 1.41. The van der Waals surface area contributed by atoms with Gasteiger partial charge >= 0.3 is 0 Å². The van der Waals surface area contributed by atoms with Gasteiger partial charge in [-0.1, -0.05) is 17.7 Å². The lowest BCUT2D eigenvalue weighted by Gasteiger charge is -2.22. The molecule has 0 bridgehead atoms. The van der Waals surface area contributed by atoms with Crippen LogP contribution in [0.15, 0.2) is 40.1 Å². The van der Waals surface area contributed by atoms with Crippen molar-refractivity contribution in [2.75, 3.05) is 19.6 Å². The number of halogens is 1. The van der Waals surface area contributed by atoms with Crippen LogP contribution in [-0.2, 0) is 9.59 Å². The second kappa shape index (κ2) is 8.49. The van der Waals surface area contributed by atoms with E-state index in [4.69, 9.17) is 16.3 Å². The summed E-state index contributed by atoms with van der Waals surface area (Å²) in [5.74, 6) is 0.870. The molecule has 2 aliphatic heterocycles. The van der Waals surface area contributed by atoms with Gasteiger partial charge in [0.2, 0.25) is 5.88 Å². The lowest BCUT2D eigenvalue weighted by atomic mass is 9.85. The van der Waals surface area contributed by atoms with Crippen LogP contribution in [-0.4, -0.2) is 53.4 Å². The van der Waals surface area contributed by atoms with Gasteiger partial charge in [0.1, 0.15) is 23.5 Å². The standard InChI is InChI=1S/C22H24ClN3O3/c1-14(27)15-2-4-16(5-3-15)17-6-8-25-21(10-17)29-18-7-9-26(13-18)19-11-24-12-20(28)22(19)23/h4,6,8,10-11,15,18H,2-3,5,7,9,12-13H2,1H3/t15?,18-/m1/s1. The first kappa shape index (κ1) is 19.8. The van der Waals surface area contributed by atoms with Crippen LogP contribution in [0.25, 0.3) is 5.57 Å². The van der Waals surface area contributed by atoms with Crippen LogP contribution in [0.2, 0.25) is 0 Å². The van der Waals surface area contributed by atoms with Gasteiger partial charge < -0.3 is 9.64 Å². The number of ketones is 2. The van der Waals surface area contributed by atoms with E-state index in [2.05, 4.69) is 16.1 Å². The number of Topliss-reactive ketones (excluding diaryl/α,β-unsaturated/α-hetero) is 2. The topological polar surface area (TPSA) is 71.9 Å². The van der Waals surface area contributed by atoms with Gasteiger partial charge in [-0.05, 0) is 43.4 Å².